The van der Waals surface area contributed by atoms with Crippen LogP contribution in [0.4, 0.5) is 0 Å². The summed E-state index contributed by atoms with van der Waals surface area (Å²) in [5.74, 6) is 0. The van der Waals surface area contributed by atoms with Gasteiger partial charge in [-0.2, -0.15) is 0 Å². The minimum Gasteiger partial charge on any atom is -0.455 e. The standard InChI is InChI=1S/C50H30OS/c1-3-18-41-39(16-1)47(32-28-26-31(27-29-32)35-20-10-22-43-37-14-5-7-24-45(37)51-49(35)43)40-17-2-4-19-42(40)48(41)34-13-9-12-33(30-34)36-21-11-23-44-38-15-6-8-25-46(38)52-50(36)44/h1-30H. The van der Waals surface area contributed by atoms with Gasteiger partial charge in [-0.25, -0.2) is 0 Å². The molecule has 0 spiro atoms. The molecular formula is C50H30OS. The van der Waals surface area contributed by atoms with Crippen LogP contribution >= 0.6 is 11.3 Å². The Balaban J connectivity index is 1.08. The lowest BCUT2D eigenvalue weighted by molar-refractivity contribution is 0.670. The monoisotopic (exact) mass is 678 g/mol. The second-order valence-electron chi connectivity index (χ2n) is 13.6. The Labute approximate surface area is 304 Å². The van der Waals surface area contributed by atoms with Gasteiger partial charge >= 0.3 is 0 Å². The van der Waals surface area contributed by atoms with Gasteiger partial charge in [0.15, 0.2) is 0 Å². The Hall–Kier alpha value is -6.48. The van der Waals surface area contributed by atoms with Crippen LogP contribution in [0.5, 0.6) is 0 Å². The van der Waals surface area contributed by atoms with Gasteiger partial charge in [-0.05, 0) is 78.7 Å². The molecule has 0 aliphatic rings. The van der Waals surface area contributed by atoms with E-state index < -0.39 is 0 Å². The molecule has 0 saturated heterocycles. The van der Waals surface area contributed by atoms with Gasteiger partial charge in [-0.15, -0.1) is 11.3 Å². The summed E-state index contributed by atoms with van der Waals surface area (Å²) in [5.41, 5.74) is 11.6. The van der Waals surface area contributed by atoms with Gasteiger partial charge in [0.1, 0.15) is 11.2 Å². The van der Waals surface area contributed by atoms with E-state index in [-0.39, 0.29) is 0 Å². The Kier molecular flexibility index (Phi) is 6.49. The molecule has 11 rings (SSSR count). The third kappa shape index (κ3) is 4.41. The first-order valence-electron chi connectivity index (χ1n) is 17.8. The molecule has 0 N–H and O–H groups in total. The van der Waals surface area contributed by atoms with Crippen molar-refractivity contribution in [2.45, 2.75) is 0 Å². The summed E-state index contributed by atoms with van der Waals surface area (Å²) in [6.45, 7) is 0. The lowest BCUT2D eigenvalue weighted by atomic mass is 9.85. The van der Waals surface area contributed by atoms with Crippen molar-refractivity contribution in [3.63, 3.8) is 0 Å². The second kappa shape index (κ2) is 11.5. The Morgan fingerprint density at radius 3 is 1.58 bits per heavy atom. The normalized spacial score (nSPS) is 11.8. The summed E-state index contributed by atoms with van der Waals surface area (Å²) >= 11 is 1.88. The minimum absolute atomic E-state index is 0.919. The highest BCUT2D eigenvalue weighted by Gasteiger charge is 2.18. The fourth-order valence-corrected chi connectivity index (χ4v) is 9.60. The van der Waals surface area contributed by atoms with Gasteiger partial charge in [0.25, 0.3) is 0 Å². The van der Waals surface area contributed by atoms with Crippen molar-refractivity contribution < 1.29 is 4.42 Å². The molecule has 0 unspecified atom stereocenters. The summed E-state index contributed by atoms with van der Waals surface area (Å²) in [6, 6.07) is 66.2. The molecule has 0 saturated carbocycles. The van der Waals surface area contributed by atoms with Crippen LogP contribution in [0.2, 0.25) is 0 Å². The number of benzene rings is 9. The number of rotatable bonds is 4. The predicted molar refractivity (Wildman–Crippen MR) is 223 cm³/mol. The molecule has 0 aliphatic heterocycles. The molecule has 0 atom stereocenters. The molecule has 2 aromatic heterocycles. The number of fused-ring (bicyclic) bond motifs is 8. The van der Waals surface area contributed by atoms with E-state index in [1.807, 2.05) is 23.5 Å². The van der Waals surface area contributed by atoms with Gasteiger partial charge in [0, 0.05) is 36.5 Å². The molecule has 1 nitrogen and oxygen atoms in total. The molecule has 242 valence electrons. The van der Waals surface area contributed by atoms with Gasteiger partial charge in [0.05, 0.1) is 0 Å². The molecule has 0 fully saturated rings. The van der Waals surface area contributed by atoms with Crippen molar-refractivity contribution in [3.05, 3.63) is 182 Å². The van der Waals surface area contributed by atoms with Gasteiger partial charge < -0.3 is 4.42 Å². The first-order chi connectivity index (χ1) is 25.8. The number of furan rings is 1. The first kappa shape index (κ1) is 29.3. The predicted octanol–water partition coefficient (Wildman–Crippen LogP) is 14.9. The van der Waals surface area contributed by atoms with E-state index in [1.54, 1.807) is 0 Å². The van der Waals surface area contributed by atoms with E-state index in [1.165, 1.54) is 75.1 Å². The third-order valence-electron chi connectivity index (χ3n) is 10.7. The van der Waals surface area contributed by atoms with Crippen molar-refractivity contribution in [1.29, 1.82) is 0 Å². The van der Waals surface area contributed by atoms with Crippen LogP contribution in [0, 0.1) is 0 Å². The zero-order chi connectivity index (χ0) is 34.2. The van der Waals surface area contributed by atoms with E-state index in [2.05, 4.69) is 170 Å². The molecule has 2 heterocycles. The van der Waals surface area contributed by atoms with Crippen LogP contribution in [-0.2, 0) is 0 Å². The van der Waals surface area contributed by atoms with Gasteiger partial charge in [0.2, 0.25) is 0 Å². The van der Waals surface area contributed by atoms with Crippen molar-refractivity contribution in [2.75, 3.05) is 0 Å². The molecule has 0 radical (unpaired) electrons. The first-order valence-corrected chi connectivity index (χ1v) is 18.6. The quantitative estimate of drug-likeness (QED) is 0.169. The summed E-state index contributed by atoms with van der Waals surface area (Å²) in [5, 5.41) is 9.96. The second-order valence-corrected chi connectivity index (χ2v) is 14.6. The number of para-hydroxylation sites is 2. The van der Waals surface area contributed by atoms with Crippen LogP contribution in [0.25, 0.3) is 108 Å². The lowest BCUT2D eigenvalue weighted by Gasteiger charge is -2.18. The SMILES string of the molecule is c1cc(-c2c3ccccc3c(-c3ccc(-c4cccc5c4oc4ccccc45)cc3)c3ccccc23)cc(-c2cccc3c2sc2ccccc23)c1. The third-order valence-corrected chi connectivity index (χ3v) is 11.9. The number of hydrogen-bond acceptors (Lipinski definition) is 2. The average Bonchev–Trinajstić information content (AvgIpc) is 3.79. The lowest BCUT2D eigenvalue weighted by Crippen LogP contribution is -1.91. The van der Waals surface area contributed by atoms with Crippen LogP contribution in [-0.4, -0.2) is 0 Å². The van der Waals surface area contributed by atoms with Crippen molar-refractivity contribution >= 4 is 75.0 Å². The molecule has 0 aliphatic carbocycles. The van der Waals surface area contributed by atoms with Crippen molar-refractivity contribution in [3.8, 4) is 44.5 Å². The average molecular weight is 679 g/mol. The van der Waals surface area contributed by atoms with E-state index in [0.29, 0.717) is 0 Å². The maximum Gasteiger partial charge on any atom is 0.143 e. The maximum absolute atomic E-state index is 6.40. The smallest absolute Gasteiger partial charge is 0.143 e. The molecule has 0 amide bonds. The molecular weight excluding hydrogens is 649 g/mol. The highest BCUT2D eigenvalue weighted by molar-refractivity contribution is 7.26. The van der Waals surface area contributed by atoms with E-state index >= 15 is 0 Å². The maximum atomic E-state index is 6.40. The molecule has 52 heavy (non-hydrogen) atoms. The number of thiophene rings is 1. The Morgan fingerprint density at radius 1 is 0.327 bits per heavy atom. The van der Waals surface area contributed by atoms with E-state index in [0.717, 1.165) is 33.1 Å². The van der Waals surface area contributed by atoms with E-state index in [9.17, 15) is 0 Å². The van der Waals surface area contributed by atoms with Crippen LogP contribution < -0.4 is 0 Å². The van der Waals surface area contributed by atoms with E-state index in [4.69, 9.17) is 4.42 Å². The molecule has 9 aromatic carbocycles. The summed E-state index contributed by atoms with van der Waals surface area (Å²) < 4.78 is 9.06. The summed E-state index contributed by atoms with van der Waals surface area (Å²) in [7, 11) is 0. The Bertz CT molecular complexity index is 3120. The van der Waals surface area contributed by atoms with Crippen molar-refractivity contribution in [1.82, 2.24) is 0 Å². The summed E-state index contributed by atoms with van der Waals surface area (Å²) in [4.78, 5) is 0. The zero-order valence-corrected chi connectivity index (χ0v) is 29.0. The fourth-order valence-electron chi connectivity index (χ4n) is 8.36. The van der Waals surface area contributed by atoms with Gasteiger partial charge in [-0.1, -0.05) is 164 Å². The Morgan fingerprint density at radius 2 is 0.846 bits per heavy atom. The van der Waals surface area contributed by atoms with Crippen LogP contribution in [0.1, 0.15) is 0 Å². The number of hydrogen-bond donors (Lipinski definition) is 0. The largest absolute Gasteiger partial charge is 0.455 e. The van der Waals surface area contributed by atoms with Crippen LogP contribution in [0.3, 0.4) is 0 Å². The molecule has 2 heteroatoms. The zero-order valence-electron chi connectivity index (χ0n) is 28.1. The summed E-state index contributed by atoms with van der Waals surface area (Å²) in [6.07, 6.45) is 0. The molecule has 0 bridgehead atoms. The van der Waals surface area contributed by atoms with Crippen LogP contribution in [0.15, 0.2) is 186 Å². The fraction of sp³-hybridized carbons (Fsp3) is 0. The minimum atomic E-state index is 0.919. The highest BCUT2D eigenvalue weighted by Crippen LogP contribution is 2.46. The van der Waals surface area contributed by atoms with Gasteiger partial charge in [-0.3, -0.25) is 0 Å². The van der Waals surface area contributed by atoms with Crippen molar-refractivity contribution in [2.24, 2.45) is 0 Å². The topological polar surface area (TPSA) is 13.1 Å². The highest BCUT2D eigenvalue weighted by atomic mass is 32.1. The molecule has 11 aromatic rings.